The molecule has 1 saturated heterocycles. The quantitative estimate of drug-likeness (QED) is 0.788. The molecule has 0 spiro atoms. The third kappa shape index (κ3) is 5.16. The van der Waals surface area contributed by atoms with Gasteiger partial charge >= 0.3 is 0 Å². The Hall–Kier alpha value is -0.670. The molecule has 0 aliphatic carbocycles. The zero-order valence-corrected chi connectivity index (χ0v) is 16.5. The second kappa shape index (κ2) is 7.70. The number of rotatable bonds is 5. The van der Waals surface area contributed by atoms with Crippen molar-refractivity contribution in [3.8, 4) is 0 Å². The van der Waals surface area contributed by atoms with Gasteiger partial charge in [0.2, 0.25) is 10.0 Å². The first kappa shape index (κ1) is 21.4. The number of hydrogen-bond donors (Lipinski definition) is 2. The highest BCUT2D eigenvalue weighted by Gasteiger charge is 2.32. The Kier molecular flexibility index (Phi) is 6.85. The van der Waals surface area contributed by atoms with Gasteiger partial charge in [0.1, 0.15) is 0 Å². The average molecular weight is 397 g/mol. The van der Waals surface area contributed by atoms with E-state index in [0.29, 0.717) is 6.54 Å². The van der Waals surface area contributed by atoms with Gasteiger partial charge in [0.05, 0.1) is 9.79 Å². The minimum Gasteiger partial charge on any atom is -0.312 e. The number of benzene rings is 1. The van der Waals surface area contributed by atoms with Gasteiger partial charge in [-0.3, -0.25) is 0 Å². The van der Waals surface area contributed by atoms with Crippen molar-refractivity contribution in [3.05, 3.63) is 24.3 Å². The third-order valence-corrected chi connectivity index (χ3v) is 6.94. The van der Waals surface area contributed by atoms with E-state index in [1.165, 1.54) is 24.3 Å². The summed E-state index contributed by atoms with van der Waals surface area (Å²) in [5.74, 6) is 0. The number of sulfonamides is 1. The molecule has 6 nitrogen and oxygen atoms in total. The summed E-state index contributed by atoms with van der Waals surface area (Å²) in [7, 11) is -6.99. The first-order chi connectivity index (χ1) is 10.5. The summed E-state index contributed by atoms with van der Waals surface area (Å²) in [4.78, 5) is 0.171. The summed E-state index contributed by atoms with van der Waals surface area (Å²) in [5.41, 5.74) is 0.0287. The zero-order chi connectivity index (χ0) is 17.3. The van der Waals surface area contributed by atoms with Crippen LogP contribution in [0, 0.1) is 5.41 Å². The fourth-order valence-corrected chi connectivity index (χ4v) is 4.44. The normalized spacial score (nSPS) is 21.0. The van der Waals surface area contributed by atoms with E-state index in [9.17, 15) is 16.8 Å². The van der Waals surface area contributed by atoms with Crippen LogP contribution in [0.25, 0.3) is 0 Å². The first-order valence-corrected chi connectivity index (χ1v) is 10.9. The van der Waals surface area contributed by atoms with E-state index in [2.05, 4.69) is 23.9 Å². The highest BCUT2D eigenvalue weighted by molar-refractivity contribution is 7.90. The highest BCUT2D eigenvalue weighted by atomic mass is 35.5. The lowest BCUT2D eigenvalue weighted by Crippen LogP contribution is -2.52. The predicted octanol–water partition coefficient (Wildman–Crippen LogP) is 1.57. The average Bonchev–Trinajstić information content (AvgIpc) is 2.45. The van der Waals surface area contributed by atoms with Crippen molar-refractivity contribution in [2.24, 2.45) is 5.41 Å². The van der Waals surface area contributed by atoms with Gasteiger partial charge in [-0.05, 0) is 49.1 Å². The number of piperidine rings is 1. The standard InChI is InChI=1S/C15H24N2O4S2.ClH/c1-15(2)9-4-10-16-14(15)11-17-23(20,21)13-7-5-12(6-8-13)22(3,18)19;/h5-8,14,16-17H,4,9-11H2,1-3H3;1H. The monoisotopic (exact) mass is 396 g/mol. The Morgan fingerprint density at radius 2 is 1.67 bits per heavy atom. The largest absolute Gasteiger partial charge is 0.312 e. The van der Waals surface area contributed by atoms with Crippen molar-refractivity contribution >= 4 is 32.3 Å². The van der Waals surface area contributed by atoms with E-state index in [-0.39, 0.29) is 33.7 Å². The van der Waals surface area contributed by atoms with Gasteiger partial charge in [0, 0.05) is 18.8 Å². The van der Waals surface area contributed by atoms with Crippen LogP contribution in [-0.2, 0) is 19.9 Å². The van der Waals surface area contributed by atoms with Crippen LogP contribution in [0.1, 0.15) is 26.7 Å². The van der Waals surface area contributed by atoms with Crippen molar-refractivity contribution < 1.29 is 16.8 Å². The molecule has 1 unspecified atom stereocenters. The number of sulfone groups is 1. The minimum absolute atomic E-state index is 0. The summed E-state index contributed by atoms with van der Waals surface area (Å²) in [6, 6.07) is 5.33. The maximum atomic E-state index is 12.4. The molecule has 0 saturated carbocycles. The number of nitrogens with one attached hydrogen (secondary N) is 2. The number of halogens is 1. The molecule has 1 aromatic rings. The Labute approximate surface area is 150 Å². The van der Waals surface area contributed by atoms with Gasteiger partial charge in [-0.2, -0.15) is 0 Å². The fourth-order valence-electron chi connectivity index (χ4n) is 2.76. The van der Waals surface area contributed by atoms with Gasteiger partial charge in [-0.1, -0.05) is 13.8 Å². The van der Waals surface area contributed by atoms with Gasteiger partial charge < -0.3 is 5.32 Å². The molecule has 1 atom stereocenters. The Balaban J connectivity index is 0.00000288. The van der Waals surface area contributed by atoms with Crippen LogP contribution in [-0.4, -0.2) is 42.2 Å². The molecule has 1 fully saturated rings. The van der Waals surface area contributed by atoms with Crippen LogP contribution in [0.3, 0.4) is 0 Å². The molecule has 1 heterocycles. The highest BCUT2D eigenvalue weighted by Crippen LogP contribution is 2.29. The van der Waals surface area contributed by atoms with Crippen LogP contribution in [0.4, 0.5) is 0 Å². The molecule has 138 valence electrons. The molecule has 9 heteroatoms. The van der Waals surface area contributed by atoms with Crippen molar-refractivity contribution in [1.29, 1.82) is 0 Å². The molecular weight excluding hydrogens is 372 g/mol. The lowest BCUT2D eigenvalue weighted by molar-refractivity contribution is 0.181. The van der Waals surface area contributed by atoms with E-state index in [1.54, 1.807) is 0 Å². The van der Waals surface area contributed by atoms with E-state index in [4.69, 9.17) is 0 Å². The lowest BCUT2D eigenvalue weighted by atomic mass is 9.78. The summed E-state index contributed by atoms with van der Waals surface area (Å²) < 4.78 is 50.2. The zero-order valence-electron chi connectivity index (χ0n) is 14.1. The minimum atomic E-state index is -3.66. The van der Waals surface area contributed by atoms with Crippen LogP contribution in [0.15, 0.2) is 34.1 Å². The second-order valence-corrected chi connectivity index (χ2v) is 10.5. The maximum Gasteiger partial charge on any atom is 0.240 e. The Morgan fingerprint density at radius 3 is 2.17 bits per heavy atom. The predicted molar refractivity (Wildman–Crippen MR) is 96.8 cm³/mol. The molecule has 24 heavy (non-hydrogen) atoms. The van der Waals surface area contributed by atoms with Crippen molar-refractivity contribution in [1.82, 2.24) is 10.0 Å². The summed E-state index contributed by atoms with van der Waals surface area (Å²) in [6.45, 7) is 5.44. The molecule has 0 amide bonds. The molecule has 1 aliphatic rings. The van der Waals surface area contributed by atoms with Crippen molar-refractivity contribution in [2.45, 2.75) is 42.5 Å². The van der Waals surface area contributed by atoms with Crippen molar-refractivity contribution in [3.63, 3.8) is 0 Å². The molecule has 2 N–H and O–H groups in total. The fraction of sp³-hybridized carbons (Fsp3) is 0.600. The topological polar surface area (TPSA) is 92.3 Å². The molecular formula is C15H25ClN2O4S2. The van der Waals surface area contributed by atoms with Gasteiger partial charge in [-0.25, -0.2) is 21.6 Å². The summed E-state index contributed by atoms with van der Waals surface area (Å²) in [6.07, 6.45) is 3.23. The van der Waals surface area contributed by atoms with E-state index in [1.807, 2.05) is 0 Å². The lowest BCUT2D eigenvalue weighted by Gasteiger charge is -2.39. The molecule has 1 aliphatic heterocycles. The van der Waals surface area contributed by atoms with Crippen LogP contribution >= 0.6 is 12.4 Å². The van der Waals surface area contributed by atoms with Gasteiger partial charge in [0.15, 0.2) is 9.84 Å². The van der Waals surface area contributed by atoms with Gasteiger partial charge in [-0.15, -0.1) is 12.4 Å². The Bertz CT molecular complexity index is 759. The van der Waals surface area contributed by atoms with Gasteiger partial charge in [0.25, 0.3) is 0 Å². The summed E-state index contributed by atoms with van der Waals surface area (Å²) in [5, 5.41) is 3.36. The third-order valence-electron chi connectivity index (χ3n) is 4.37. The van der Waals surface area contributed by atoms with Crippen LogP contribution < -0.4 is 10.0 Å². The summed E-state index contributed by atoms with van der Waals surface area (Å²) >= 11 is 0. The molecule has 0 aromatic heterocycles. The molecule has 0 radical (unpaired) electrons. The molecule has 0 bridgehead atoms. The van der Waals surface area contributed by atoms with E-state index < -0.39 is 19.9 Å². The van der Waals surface area contributed by atoms with Crippen LogP contribution in [0.2, 0.25) is 0 Å². The number of hydrogen-bond acceptors (Lipinski definition) is 5. The van der Waals surface area contributed by atoms with Crippen LogP contribution in [0.5, 0.6) is 0 Å². The molecule has 1 aromatic carbocycles. The first-order valence-electron chi connectivity index (χ1n) is 7.55. The van der Waals surface area contributed by atoms with E-state index >= 15 is 0 Å². The van der Waals surface area contributed by atoms with E-state index in [0.717, 1.165) is 25.6 Å². The second-order valence-electron chi connectivity index (χ2n) is 6.69. The van der Waals surface area contributed by atoms with Crippen molar-refractivity contribution in [2.75, 3.05) is 19.3 Å². The Morgan fingerprint density at radius 1 is 1.12 bits per heavy atom. The smallest absolute Gasteiger partial charge is 0.240 e. The SMILES string of the molecule is CC1(C)CCCNC1CNS(=O)(=O)c1ccc(S(C)(=O)=O)cc1.Cl. The molecule has 2 rings (SSSR count). The maximum absolute atomic E-state index is 12.4.